The zero-order chi connectivity index (χ0) is 22.1. The van der Waals surface area contributed by atoms with Crippen LogP contribution in [0.1, 0.15) is 16.1 Å². The Kier molecular flexibility index (Phi) is 4.95. The van der Waals surface area contributed by atoms with Gasteiger partial charge in [0.2, 0.25) is 0 Å². The van der Waals surface area contributed by atoms with Gasteiger partial charge in [-0.05, 0) is 46.7 Å². The van der Waals surface area contributed by atoms with E-state index in [4.69, 9.17) is 4.42 Å². The molecule has 5 nitrogen and oxygen atoms in total. The van der Waals surface area contributed by atoms with E-state index in [2.05, 4.69) is 4.98 Å². The van der Waals surface area contributed by atoms with Crippen LogP contribution in [0.5, 0.6) is 0 Å². The molecule has 3 aromatic carbocycles. The fraction of sp³-hybridized carbons (Fsp3) is 0.0385. The molecule has 5 aromatic rings. The van der Waals surface area contributed by atoms with Gasteiger partial charge in [0.25, 0.3) is 5.91 Å². The zero-order valence-electron chi connectivity index (χ0n) is 16.9. The van der Waals surface area contributed by atoms with Crippen LogP contribution in [-0.2, 0) is 6.54 Å². The maximum Gasteiger partial charge on any atom is 0.295 e. The van der Waals surface area contributed by atoms with Crippen LogP contribution in [-0.4, -0.2) is 10.9 Å². The maximum absolute atomic E-state index is 13.5. The molecule has 2 aromatic heterocycles. The van der Waals surface area contributed by atoms with E-state index in [1.165, 1.54) is 17.0 Å². The number of nitrogens with zero attached hydrogens (tertiary/aromatic N) is 2. The summed E-state index contributed by atoms with van der Waals surface area (Å²) < 4.78 is 19.2. The molecule has 0 aliphatic heterocycles. The van der Waals surface area contributed by atoms with Gasteiger partial charge in [0.1, 0.15) is 17.2 Å². The van der Waals surface area contributed by atoms with E-state index in [1.807, 2.05) is 42.5 Å². The van der Waals surface area contributed by atoms with Crippen molar-refractivity contribution in [2.45, 2.75) is 6.54 Å². The van der Waals surface area contributed by atoms with Crippen molar-refractivity contribution in [3.63, 3.8) is 0 Å². The van der Waals surface area contributed by atoms with Gasteiger partial charge in [0.15, 0.2) is 11.2 Å². The molecule has 0 saturated carbocycles. The minimum atomic E-state index is -0.546. The Labute approximate surface area is 182 Å². The monoisotopic (exact) mass is 424 g/mol. The van der Waals surface area contributed by atoms with Gasteiger partial charge in [-0.15, -0.1) is 0 Å². The normalized spacial score (nSPS) is 11.0. The van der Waals surface area contributed by atoms with Gasteiger partial charge in [0, 0.05) is 12.3 Å². The summed E-state index contributed by atoms with van der Waals surface area (Å²) in [6, 6.07) is 23.8. The lowest BCUT2D eigenvalue weighted by Gasteiger charge is -2.22. The van der Waals surface area contributed by atoms with E-state index in [9.17, 15) is 14.0 Å². The Morgan fingerprint density at radius 3 is 2.56 bits per heavy atom. The third-order valence-electron chi connectivity index (χ3n) is 5.28. The molecule has 0 aliphatic rings. The van der Waals surface area contributed by atoms with Crippen molar-refractivity contribution in [2.75, 3.05) is 4.90 Å². The number of amides is 1. The van der Waals surface area contributed by atoms with Crippen molar-refractivity contribution in [1.29, 1.82) is 0 Å². The van der Waals surface area contributed by atoms with Crippen LogP contribution in [0.3, 0.4) is 0 Å². The summed E-state index contributed by atoms with van der Waals surface area (Å²) in [7, 11) is 0. The van der Waals surface area contributed by atoms with E-state index in [0.29, 0.717) is 5.82 Å². The average Bonchev–Trinajstić information content (AvgIpc) is 2.83. The smallest absolute Gasteiger partial charge is 0.295 e. The molecular weight excluding hydrogens is 407 g/mol. The van der Waals surface area contributed by atoms with E-state index in [-0.39, 0.29) is 23.3 Å². The molecule has 6 heteroatoms. The number of aromatic nitrogens is 1. The number of hydrogen-bond acceptors (Lipinski definition) is 4. The molecule has 2 heterocycles. The summed E-state index contributed by atoms with van der Waals surface area (Å²) in [5.41, 5.74) is 0.584. The number of carbonyl (C=O) groups is 1. The lowest BCUT2D eigenvalue weighted by molar-refractivity contribution is 0.0958. The highest BCUT2D eigenvalue weighted by molar-refractivity contribution is 6.04. The van der Waals surface area contributed by atoms with Crippen LogP contribution >= 0.6 is 0 Å². The standard InChI is InChI=1S/C26H17FN2O3/c27-19-11-12-23-21(14-19)22(30)15-24(32-23)26(31)29(25-10-3-4-13-28-25)16-18-8-5-7-17-6-1-2-9-20(17)18/h1-15H,16H2. The molecule has 0 bridgehead atoms. The van der Waals surface area contributed by atoms with E-state index in [0.717, 1.165) is 28.5 Å². The van der Waals surface area contributed by atoms with Gasteiger partial charge in [0.05, 0.1) is 11.9 Å². The van der Waals surface area contributed by atoms with Crippen molar-refractivity contribution in [2.24, 2.45) is 0 Å². The summed E-state index contributed by atoms with van der Waals surface area (Å²) in [5.74, 6) is -0.776. The first kappa shape index (κ1) is 19.6. The molecule has 0 atom stereocenters. The zero-order valence-corrected chi connectivity index (χ0v) is 16.9. The fourth-order valence-corrected chi connectivity index (χ4v) is 3.74. The van der Waals surface area contributed by atoms with Crippen molar-refractivity contribution < 1.29 is 13.6 Å². The topological polar surface area (TPSA) is 63.4 Å². The fourth-order valence-electron chi connectivity index (χ4n) is 3.74. The molecule has 0 saturated heterocycles. The van der Waals surface area contributed by atoms with Crippen LogP contribution in [0.2, 0.25) is 0 Å². The highest BCUT2D eigenvalue weighted by Crippen LogP contribution is 2.24. The average molecular weight is 424 g/mol. The summed E-state index contributed by atoms with van der Waals surface area (Å²) >= 11 is 0. The minimum absolute atomic E-state index is 0.0833. The summed E-state index contributed by atoms with van der Waals surface area (Å²) in [4.78, 5) is 31.9. The third-order valence-corrected chi connectivity index (χ3v) is 5.28. The van der Waals surface area contributed by atoms with Gasteiger partial charge < -0.3 is 4.42 Å². The first-order valence-electron chi connectivity index (χ1n) is 10.0. The van der Waals surface area contributed by atoms with Crippen molar-refractivity contribution in [1.82, 2.24) is 4.98 Å². The van der Waals surface area contributed by atoms with E-state index < -0.39 is 17.2 Å². The second-order valence-corrected chi connectivity index (χ2v) is 7.33. The molecule has 5 rings (SSSR count). The Bertz CT molecular complexity index is 1510. The first-order valence-corrected chi connectivity index (χ1v) is 10.0. The number of anilines is 1. The molecule has 0 aliphatic carbocycles. The Hall–Kier alpha value is -4.32. The van der Waals surface area contributed by atoms with Crippen molar-refractivity contribution >= 4 is 33.5 Å². The number of benzene rings is 3. The summed E-state index contributed by atoms with van der Waals surface area (Å²) in [5, 5.41) is 2.15. The van der Waals surface area contributed by atoms with Gasteiger partial charge in [-0.2, -0.15) is 0 Å². The predicted octanol–water partition coefficient (Wildman–Crippen LogP) is 5.33. The summed E-state index contributed by atoms with van der Waals surface area (Å²) in [6.45, 7) is 0.225. The van der Waals surface area contributed by atoms with Crippen LogP contribution < -0.4 is 10.3 Å². The van der Waals surface area contributed by atoms with Gasteiger partial charge >= 0.3 is 0 Å². The Morgan fingerprint density at radius 2 is 1.72 bits per heavy atom. The largest absolute Gasteiger partial charge is 0.451 e. The highest BCUT2D eigenvalue weighted by atomic mass is 19.1. The molecule has 156 valence electrons. The van der Waals surface area contributed by atoms with Crippen LogP contribution in [0.15, 0.2) is 100 Å². The molecular formula is C26H17FN2O3. The number of carbonyl (C=O) groups excluding carboxylic acids is 1. The Balaban J connectivity index is 1.61. The molecule has 0 unspecified atom stereocenters. The quantitative estimate of drug-likeness (QED) is 0.391. The second kappa shape index (κ2) is 8.07. The van der Waals surface area contributed by atoms with Gasteiger partial charge in [-0.25, -0.2) is 9.37 Å². The van der Waals surface area contributed by atoms with E-state index >= 15 is 0 Å². The molecule has 0 N–H and O–H groups in total. The lowest BCUT2D eigenvalue weighted by Crippen LogP contribution is -2.31. The van der Waals surface area contributed by atoms with E-state index in [1.54, 1.807) is 24.4 Å². The molecule has 0 radical (unpaired) electrons. The maximum atomic E-state index is 13.5. The SMILES string of the molecule is O=C(c1cc(=O)c2cc(F)ccc2o1)N(Cc1cccc2ccccc12)c1ccccn1. The van der Waals surface area contributed by atoms with Crippen molar-refractivity contribution in [3.05, 3.63) is 118 Å². The van der Waals surface area contributed by atoms with Crippen LogP contribution in [0.4, 0.5) is 10.2 Å². The lowest BCUT2D eigenvalue weighted by atomic mass is 10.0. The third kappa shape index (κ3) is 3.63. The molecule has 0 fully saturated rings. The number of halogens is 1. The second-order valence-electron chi connectivity index (χ2n) is 7.33. The number of fused-ring (bicyclic) bond motifs is 2. The predicted molar refractivity (Wildman–Crippen MR) is 121 cm³/mol. The van der Waals surface area contributed by atoms with Crippen LogP contribution in [0, 0.1) is 5.82 Å². The summed E-state index contributed by atoms with van der Waals surface area (Å²) in [6.07, 6.45) is 1.60. The number of hydrogen-bond donors (Lipinski definition) is 0. The Morgan fingerprint density at radius 1 is 0.906 bits per heavy atom. The van der Waals surface area contributed by atoms with Gasteiger partial charge in [-0.3, -0.25) is 14.5 Å². The number of rotatable bonds is 4. The highest BCUT2D eigenvalue weighted by Gasteiger charge is 2.23. The van der Waals surface area contributed by atoms with Crippen LogP contribution in [0.25, 0.3) is 21.7 Å². The molecule has 1 amide bonds. The minimum Gasteiger partial charge on any atom is -0.451 e. The van der Waals surface area contributed by atoms with Crippen molar-refractivity contribution in [3.8, 4) is 0 Å². The first-order chi connectivity index (χ1) is 15.6. The number of pyridine rings is 1. The van der Waals surface area contributed by atoms with Gasteiger partial charge in [-0.1, -0.05) is 48.5 Å². The molecule has 0 spiro atoms. The molecule has 32 heavy (non-hydrogen) atoms.